The first-order valence-corrected chi connectivity index (χ1v) is 8.11. The van der Waals surface area contributed by atoms with E-state index in [1.807, 2.05) is 0 Å². The van der Waals surface area contributed by atoms with Crippen LogP contribution in [0.1, 0.15) is 28.8 Å². The van der Waals surface area contributed by atoms with E-state index in [-0.39, 0.29) is 0 Å². The standard InChI is InChI=1S/C16H16BrN3O/c17-12-6-10-4-5-21-15(10)11(7-12)8-18-16-13-2-1-3-14(13)19-9-20-16/h6-7,9H,1-5,8H2,(H,18,19,20). The van der Waals surface area contributed by atoms with E-state index < -0.39 is 0 Å². The van der Waals surface area contributed by atoms with Gasteiger partial charge >= 0.3 is 0 Å². The molecule has 0 fully saturated rings. The Labute approximate surface area is 132 Å². The van der Waals surface area contributed by atoms with Crippen LogP contribution in [0.5, 0.6) is 5.75 Å². The average Bonchev–Trinajstić information content (AvgIpc) is 3.12. The lowest BCUT2D eigenvalue weighted by Crippen LogP contribution is -2.06. The number of ether oxygens (including phenoxy) is 1. The lowest BCUT2D eigenvalue weighted by molar-refractivity contribution is 0.354. The predicted molar refractivity (Wildman–Crippen MR) is 84.7 cm³/mol. The smallest absolute Gasteiger partial charge is 0.133 e. The van der Waals surface area contributed by atoms with E-state index >= 15 is 0 Å². The summed E-state index contributed by atoms with van der Waals surface area (Å²) in [5.74, 6) is 2.01. The van der Waals surface area contributed by atoms with Crippen LogP contribution in [-0.4, -0.2) is 16.6 Å². The SMILES string of the molecule is Brc1cc2c(c(CNc3ncnc4c3CCC4)c1)OCC2. The largest absolute Gasteiger partial charge is 0.493 e. The number of nitrogens with zero attached hydrogens (tertiary/aromatic N) is 2. The van der Waals surface area contributed by atoms with Crippen molar-refractivity contribution in [1.29, 1.82) is 0 Å². The molecule has 108 valence electrons. The average molecular weight is 346 g/mol. The Balaban J connectivity index is 1.60. The maximum atomic E-state index is 5.77. The van der Waals surface area contributed by atoms with Gasteiger partial charge in [-0.1, -0.05) is 15.9 Å². The Kier molecular flexibility index (Phi) is 3.30. The second-order valence-electron chi connectivity index (χ2n) is 5.51. The van der Waals surface area contributed by atoms with Gasteiger partial charge in [0.15, 0.2) is 0 Å². The number of fused-ring (bicyclic) bond motifs is 2. The first kappa shape index (κ1) is 13.1. The summed E-state index contributed by atoms with van der Waals surface area (Å²) in [5, 5.41) is 3.47. The summed E-state index contributed by atoms with van der Waals surface area (Å²) in [4.78, 5) is 8.77. The number of halogens is 1. The molecule has 0 saturated carbocycles. The first-order valence-electron chi connectivity index (χ1n) is 7.32. The highest BCUT2D eigenvalue weighted by atomic mass is 79.9. The summed E-state index contributed by atoms with van der Waals surface area (Å²) < 4.78 is 6.88. The maximum absolute atomic E-state index is 5.77. The van der Waals surface area contributed by atoms with Gasteiger partial charge in [0.05, 0.1) is 6.61 Å². The Hall–Kier alpha value is -1.62. The molecule has 4 rings (SSSR count). The molecule has 0 amide bonds. The van der Waals surface area contributed by atoms with Crippen LogP contribution in [0, 0.1) is 0 Å². The van der Waals surface area contributed by atoms with Crippen LogP contribution in [0.4, 0.5) is 5.82 Å². The molecule has 2 heterocycles. The minimum atomic E-state index is 0.727. The van der Waals surface area contributed by atoms with Crippen molar-refractivity contribution in [2.24, 2.45) is 0 Å². The Bertz CT molecular complexity index is 702. The van der Waals surface area contributed by atoms with Crippen LogP contribution in [0.15, 0.2) is 22.9 Å². The van der Waals surface area contributed by atoms with E-state index in [4.69, 9.17) is 4.74 Å². The first-order chi connectivity index (χ1) is 10.3. The Morgan fingerprint density at radius 1 is 1.19 bits per heavy atom. The van der Waals surface area contributed by atoms with Crippen LogP contribution in [0.3, 0.4) is 0 Å². The molecule has 0 unspecified atom stereocenters. The number of hydrogen-bond donors (Lipinski definition) is 1. The second kappa shape index (κ2) is 5.30. The van der Waals surface area contributed by atoms with Gasteiger partial charge in [0.2, 0.25) is 0 Å². The zero-order chi connectivity index (χ0) is 14.2. The molecular weight excluding hydrogens is 330 g/mol. The van der Waals surface area contributed by atoms with Gasteiger partial charge in [-0.2, -0.15) is 0 Å². The summed E-state index contributed by atoms with van der Waals surface area (Å²) in [5.41, 5.74) is 4.95. The number of benzene rings is 1. The molecule has 0 saturated heterocycles. The number of hydrogen-bond acceptors (Lipinski definition) is 4. The van der Waals surface area contributed by atoms with Gasteiger partial charge in [0.25, 0.3) is 0 Å². The summed E-state index contributed by atoms with van der Waals surface area (Å²) in [7, 11) is 0. The van der Waals surface area contributed by atoms with Gasteiger partial charge in [-0.25, -0.2) is 9.97 Å². The van der Waals surface area contributed by atoms with E-state index in [1.54, 1.807) is 6.33 Å². The normalized spacial score (nSPS) is 15.5. The summed E-state index contributed by atoms with van der Waals surface area (Å²) >= 11 is 3.58. The number of nitrogens with one attached hydrogen (secondary N) is 1. The maximum Gasteiger partial charge on any atom is 0.133 e. The number of rotatable bonds is 3. The second-order valence-corrected chi connectivity index (χ2v) is 6.42. The van der Waals surface area contributed by atoms with E-state index in [0.717, 1.165) is 48.5 Å². The fraction of sp³-hybridized carbons (Fsp3) is 0.375. The van der Waals surface area contributed by atoms with Crippen molar-refractivity contribution in [3.63, 3.8) is 0 Å². The van der Waals surface area contributed by atoms with E-state index in [9.17, 15) is 0 Å². The van der Waals surface area contributed by atoms with Crippen molar-refractivity contribution >= 4 is 21.7 Å². The summed E-state index contributed by atoms with van der Waals surface area (Å²) in [6.45, 7) is 1.51. The van der Waals surface area contributed by atoms with Crippen LogP contribution in [0.25, 0.3) is 0 Å². The van der Waals surface area contributed by atoms with Crippen LogP contribution < -0.4 is 10.1 Å². The molecule has 0 radical (unpaired) electrons. The van der Waals surface area contributed by atoms with Crippen LogP contribution in [-0.2, 0) is 25.8 Å². The molecule has 1 aromatic heterocycles. The third-order valence-corrected chi connectivity index (χ3v) is 4.60. The highest BCUT2D eigenvalue weighted by Gasteiger charge is 2.19. The molecule has 1 aliphatic carbocycles. The molecular formula is C16H16BrN3O. The summed E-state index contributed by atoms with van der Waals surface area (Å²) in [6.07, 6.45) is 5.98. The van der Waals surface area contributed by atoms with Gasteiger partial charge in [-0.15, -0.1) is 0 Å². The zero-order valence-corrected chi connectivity index (χ0v) is 13.2. The topological polar surface area (TPSA) is 47.0 Å². The van der Waals surface area contributed by atoms with Crippen molar-refractivity contribution in [3.8, 4) is 5.75 Å². The third-order valence-electron chi connectivity index (χ3n) is 4.15. The fourth-order valence-corrected chi connectivity index (χ4v) is 3.72. The molecule has 4 nitrogen and oxygen atoms in total. The minimum Gasteiger partial charge on any atom is -0.493 e. The quantitative estimate of drug-likeness (QED) is 0.927. The Morgan fingerprint density at radius 2 is 2.14 bits per heavy atom. The molecule has 21 heavy (non-hydrogen) atoms. The lowest BCUT2D eigenvalue weighted by atomic mass is 10.1. The Morgan fingerprint density at radius 3 is 3.10 bits per heavy atom. The molecule has 1 aliphatic heterocycles. The molecule has 0 spiro atoms. The fourth-order valence-electron chi connectivity index (χ4n) is 3.17. The molecule has 1 aromatic carbocycles. The highest BCUT2D eigenvalue weighted by Crippen LogP contribution is 2.34. The van der Waals surface area contributed by atoms with Crippen molar-refractivity contribution in [2.75, 3.05) is 11.9 Å². The number of aryl methyl sites for hydroxylation is 1. The monoisotopic (exact) mass is 345 g/mol. The van der Waals surface area contributed by atoms with Crippen LogP contribution >= 0.6 is 15.9 Å². The van der Waals surface area contributed by atoms with Gasteiger partial charge < -0.3 is 10.1 Å². The predicted octanol–water partition coefficient (Wildman–Crippen LogP) is 3.27. The van der Waals surface area contributed by atoms with Gasteiger partial charge in [0, 0.05) is 34.3 Å². The van der Waals surface area contributed by atoms with Crippen molar-refractivity contribution in [2.45, 2.75) is 32.2 Å². The van der Waals surface area contributed by atoms with Gasteiger partial charge in [-0.3, -0.25) is 0 Å². The number of aromatic nitrogens is 2. The molecule has 2 aliphatic rings. The third kappa shape index (κ3) is 2.39. The molecule has 0 atom stereocenters. The molecule has 0 bridgehead atoms. The van der Waals surface area contributed by atoms with Crippen molar-refractivity contribution < 1.29 is 4.74 Å². The van der Waals surface area contributed by atoms with Gasteiger partial charge in [0.1, 0.15) is 17.9 Å². The van der Waals surface area contributed by atoms with Crippen molar-refractivity contribution in [3.05, 3.63) is 45.3 Å². The minimum absolute atomic E-state index is 0.727. The molecule has 2 aromatic rings. The molecule has 5 heteroatoms. The van der Waals surface area contributed by atoms with Crippen molar-refractivity contribution in [1.82, 2.24) is 9.97 Å². The van der Waals surface area contributed by atoms with E-state index in [0.29, 0.717) is 0 Å². The highest BCUT2D eigenvalue weighted by molar-refractivity contribution is 9.10. The van der Waals surface area contributed by atoms with Crippen LogP contribution in [0.2, 0.25) is 0 Å². The molecule has 1 N–H and O–H groups in total. The van der Waals surface area contributed by atoms with E-state index in [2.05, 4.69) is 43.3 Å². The number of anilines is 1. The van der Waals surface area contributed by atoms with Gasteiger partial charge in [-0.05, 0) is 37.0 Å². The van der Waals surface area contributed by atoms with E-state index in [1.165, 1.54) is 28.8 Å². The lowest BCUT2D eigenvalue weighted by Gasteiger charge is -2.12. The zero-order valence-electron chi connectivity index (χ0n) is 11.7. The summed E-state index contributed by atoms with van der Waals surface area (Å²) in [6, 6.07) is 4.27.